The van der Waals surface area contributed by atoms with Gasteiger partial charge in [-0.3, -0.25) is 14.4 Å². The smallest absolute Gasteiger partial charge is 0.318 e. The minimum Gasteiger partial charge on any atom is -0.465 e. The van der Waals surface area contributed by atoms with E-state index in [1.54, 1.807) is 0 Å². The molecule has 5 heteroatoms. The van der Waals surface area contributed by atoms with Crippen LogP contribution in [0.25, 0.3) is 0 Å². The van der Waals surface area contributed by atoms with Crippen LogP contribution in [0.1, 0.15) is 20.8 Å². The van der Waals surface area contributed by atoms with Crippen LogP contribution >= 0.6 is 0 Å². The molecule has 0 aromatic rings. The summed E-state index contributed by atoms with van der Waals surface area (Å²) in [6.45, 7) is 5.45. The van der Waals surface area contributed by atoms with Gasteiger partial charge in [0.05, 0.1) is 18.4 Å². The molecular weight excluding hydrogens is 248 g/mol. The van der Waals surface area contributed by atoms with Crippen molar-refractivity contribution in [3.63, 3.8) is 0 Å². The summed E-state index contributed by atoms with van der Waals surface area (Å²) in [6, 6.07) is 0. The lowest BCUT2D eigenvalue weighted by atomic mass is 9.68. The number of rotatable bonds is 3. The molecule has 1 saturated heterocycles. The van der Waals surface area contributed by atoms with Crippen LogP contribution in [0.5, 0.6) is 0 Å². The highest BCUT2D eigenvalue weighted by Gasteiger charge is 2.53. The fourth-order valence-corrected chi connectivity index (χ4v) is 2.89. The van der Waals surface area contributed by atoms with E-state index >= 15 is 0 Å². The van der Waals surface area contributed by atoms with E-state index in [9.17, 15) is 14.4 Å². The standard InChI is InChI=1S/C14H18O5/c1-7(2)10-5-4-9(6-18-8(3)15)11-12(10)14(17)19-13(11)16/h4-5,7,9-12H,6H2,1-3H3/t9-,10+,11+,12-/m1/s1. The van der Waals surface area contributed by atoms with Gasteiger partial charge in [0, 0.05) is 12.8 Å². The van der Waals surface area contributed by atoms with Crippen molar-refractivity contribution in [1.82, 2.24) is 0 Å². The third-order valence-electron chi connectivity index (χ3n) is 3.84. The van der Waals surface area contributed by atoms with E-state index in [4.69, 9.17) is 9.47 Å². The van der Waals surface area contributed by atoms with Gasteiger partial charge >= 0.3 is 17.9 Å². The minimum atomic E-state index is -0.524. The monoisotopic (exact) mass is 266 g/mol. The SMILES string of the molecule is CC(=O)OC[C@H]1C=C[C@@H](C(C)C)[C@H]2C(=O)OC(=O)[C@H]21. The second-order valence-electron chi connectivity index (χ2n) is 5.46. The summed E-state index contributed by atoms with van der Waals surface area (Å²) in [5.41, 5.74) is 0. The fourth-order valence-electron chi connectivity index (χ4n) is 2.89. The maximum Gasteiger partial charge on any atom is 0.318 e. The van der Waals surface area contributed by atoms with Crippen molar-refractivity contribution in [2.45, 2.75) is 20.8 Å². The van der Waals surface area contributed by atoms with Crippen molar-refractivity contribution in [3.8, 4) is 0 Å². The maximum atomic E-state index is 11.8. The molecule has 2 aliphatic rings. The van der Waals surface area contributed by atoms with Crippen molar-refractivity contribution < 1.29 is 23.9 Å². The molecule has 1 aliphatic heterocycles. The summed E-state index contributed by atoms with van der Waals surface area (Å²) in [5, 5.41) is 0. The number of ether oxygens (including phenoxy) is 2. The summed E-state index contributed by atoms with van der Waals surface area (Å²) >= 11 is 0. The van der Waals surface area contributed by atoms with Crippen LogP contribution in [0.3, 0.4) is 0 Å². The number of allylic oxidation sites excluding steroid dienone is 1. The van der Waals surface area contributed by atoms with Crippen molar-refractivity contribution in [2.24, 2.45) is 29.6 Å². The first-order valence-corrected chi connectivity index (χ1v) is 6.49. The molecule has 19 heavy (non-hydrogen) atoms. The second-order valence-corrected chi connectivity index (χ2v) is 5.46. The molecule has 0 spiro atoms. The van der Waals surface area contributed by atoms with E-state index in [1.165, 1.54) is 6.92 Å². The number of hydrogen-bond donors (Lipinski definition) is 0. The van der Waals surface area contributed by atoms with Crippen LogP contribution in [-0.2, 0) is 23.9 Å². The predicted octanol–water partition coefficient (Wildman–Crippen LogP) is 1.32. The maximum absolute atomic E-state index is 11.8. The van der Waals surface area contributed by atoms with Crippen LogP contribution in [0, 0.1) is 29.6 Å². The molecule has 5 nitrogen and oxygen atoms in total. The Bertz CT molecular complexity index is 437. The topological polar surface area (TPSA) is 69.7 Å². The molecule has 0 N–H and O–H groups in total. The highest BCUT2D eigenvalue weighted by molar-refractivity contribution is 5.97. The van der Waals surface area contributed by atoms with Gasteiger partial charge in [0.2, 0.25) is 0 Å². The average Bonchev–Trinajstić information content (AvgIpc) is 2.62. The lowest BCUT2D eigenvalue weighted by Crippen LogP contribution is -2.37. The zero-order valence-electron chi connectivity index (χ0n) is 11.3. The van der Waals surface area contributed by atoms with Gasteiger partial charge in [-0.1, -0.05) is 26.0 Å². The molecule has 0 unspecified atom stereocenters. The Morgan fingerprint density at radius 1 is 1.26 bits per heavy atom. The third kappa shape index (κ3) is 2.55. The Kier molecular flexibility index (Phi) is 3.73. The quantitative estimate of drug-likeness (QED) is 0.438. The largest absolute Gasteiger partial charge is 0.465 e. The lowest BCUT2D eigenvalue weighted by molar-refractivity contribution is -0.155. The molecule has 0 bridgehead atoms. The lowest BCUT2D eigenvalue weighted by Gasteiger charge is -2.32. The Morgan fingerprint density at radius 2 is 1.89 bits per heavy atom. The summed E-state index contributed by atoms with van der Waals surface area (Å²) in [6.07, 6.45) is 3.81. The van der Waals surface area contributed by atoms with Crippen molar-refractivity contribution >= 4 is 17.9 Å². The summed E-state index contributed by atoms with van der Waals surface area (Å²) in [4.78, 5) is 34.5. The van der Waals surface area contributed by atoms with Crippen LogP contribution in [0.15, 0.2) is 12.2 Å². The molecule has 1 fully saturated rings. The van der Waals surface area contributed by atoms with Gasteiger partial charge in [-0.2, -0.15) is 0 Å². The summed E-state index contributed by atoms with van der Waals surface area (Å²) in [7, 11) is 0. The number of hydrogen-bond acceptors (Lipinski definition) is 5. The number of fused-ring (bicyclic) bond motifs is 1. The van der Waals surface area contributed by atoms with Crippen LogP contribution in [0.2, 0.25) is 0 Å². The zero-order valence-corrected chi connectivity index (χ0v) is 11.3. The number of cyclic esters (lactones) is 2. The first-order valence-electron chi connectivity index (χ1n) is 6.49. The molecule has 1 heterocycles. The molecule has 0 radical (unpaired) electrons. The predicted molar refractivity (Wildman–Crippen MR) is 65.7 cm³/mol. The molecule has 0 aromatic heterocycles. The molecule has 0 amide bonds. The first kappa shape index (κ1) is 13.8. The van der Waals surface area contributed by atoms with Gasteiger partial charge in [-0.25, -0.2) is 0 Å². The van der Waals surface area contributed by atoms with Crippen molar-refractivity contribution in [3.05, 3.63) is 12.2 Å². The van der Waals surface area contributed by atoms with Gasteiger partial charge in [0.15, 0.2) is 0 Å². The Labute approximate surface area is 111 Å². The summed E-state index contributed by atoms with van der Waals surface area (Å²) < 4.78 is 9.73. The van der Waals surface area contributed by atoms with E-state index in [-0.39, 0.29) is 24.4 Å². The highest BCUT2D eigenvalue weighted by Crippen LogP contribution is 2.43. The molecule has 4 atom stereocenters. The van der Waals surface area contributed by atoms with Gasteiger partial charge < -0.3 is 9.47 Å². The van der Waals surface area contributed by atoms with Gasteiger partial charge in [0.1, 0.15) is 0 Å². The molecule has 2 rings (SSSR count). The molecule has 1 aliphatic carbocycles. The Balaban J connectivity index is 2.24. The second kappa shape index (κ2) is 5.15. The van der Waals surface area contributed by atoms with E-state index < -0.39 is 29.7 Å². The Morgan fingerprint density at radius 3 is 2.47 bits per heavy atom. The minimum absolute atomic E-state index is 0.00229. The number of carbonyl (C=O) groups is 3. The van der Waals surface area contributed by atoms with Gasteiger partial charge in [-0.15, -0.1) is 0 Å². The van der Waals surface area contributed by atoms with E-state index in [0.717, 1.165) is 0 Å². The van der Waals surface area contributed by atoms with E-state index in [1.807, 2.05) is 26.0 Å². The van der Waals surface area contributed by atoms with Gasteiger partial charge in [0.25, 0.3) is 0 Å². The molecular formula is C14H18O5. The van der Waals surface area contributed by atoms with Crippen molar-refractivity contribution in [1.29, 1.82) is 0 Å². The van der Waals surface area contributed by atoms with E-state index in [0.29, 0.717) is 0 Å². The number of esters is 3. The van der Waals surface area contributed by atoms with Crippen LogP contribution in [0.4, 0.5) is 0 Å². The average molecular weight is 266 g/mol. The first-order chi connectivity index (χ1) is 8.91. The summed E-state index contributed by atoms with van der Waals surface area (Å²) in [5.74, 6) is -2.35. The molecule has 104 valence electrons. The van der Waals surface area contributed by atoms with Crippen LogP contribution < -0.4 is 0 Å². The number of carbonyl (C=O) groups excluding carboxylic acids is 3. The van der Waals surface area contributed by atoms with Gasteiger partial charge in [-0.05, 0) is 11.8 Å². The zero-order chi connectivity index (χ0) is 14.2. The Hall–Kier alpha value is -1.65. The molecule has 0 saturated carbocycles. The van der Waals surface area contributed by atoms with E-state index in [2.05, 4.69) is 0 Å². The van der Waals surface area contributed by atoms with Crippen molar-refractivity contribution in [2.75, 3.05) is 6.61 Å². The molecule has 0 aromatic carbocycles. The normalized spacial score (nSPS) is 33.3. The van der Waals surface area contributed by atoms with Crippen LogP contribution in [-0.4, -0.2) is 24.5 Å². The highest BCUT2D eigenvalue weighted by atomic mass is 16.6. The third-order valence-corrected chi connectivity index (χ3v) is 3.84. The fraction of sp³-hybridized carbons (Fsp3) is 0.643.